The van der Waals surface area contributed by atoms with Crippen molar-refractivity contribution < 1.29 is 23.8 Å². The van der Waals surface area contributed by atoms with Crippen LogP contribution in [0, 0.1) is 19.7 Å². The fourth-order valence-corrected chi connectivity index (χ4v) is 4.01. The van der Waals surface area contributed by atoms with Crippen LogP contribution in [0.2, 0.25) is 0 Å². The molecule has 0 radical (unpaired) electrons. The molecule has 32 heavy (non-hydrogen) atoms. The van der Waals surface area contributed by atoms with E-state index in [1.807, 2.05) is 13.0 Å². The van der Waals surface area contributed by atoms with Gasteiger partial charge in [-0.2, -0.15) is 0 Å². The molecule has 1 amide bonds. The first-order valence-electron chi connectivity index (χ1n) is 10.6. The first-order chi connectivity index (χ1) is 15.2. The summed E-state index contributed by atoms with van der Waals surface area (Å²) < 4.78 is 20.6. The molecule has 1 aliphatic heterocycles. The predicted octanol–water partition coefficient (Wildman–Crippen LogP) is 3.98. The fourth-order valence-electron chi connectivity index (χ4n) is 4.01. The minimum Gasteiger partial charge on any atom is -0.484 e. The van der Waals surface area contributed by atoms with Crippen LogP contribution in [0.1, 0.15) is 40.1 Å². The van der Waals surface area contributed by atoms with Crippen molar-refractivity contribution in [2.45, 2.75) is 32.9 Å². The topological polar surface area (TPSA) is 70.1 Å². The quantitative estimate of drug-likeness (QED) is 0.660. The molecule has 6 nitrogen and oxygen atoms in total. The number of hydrogen-bond donors (Lipinski definition) is 1. The summed E-state index contributed by atoms with van der Waals surface area (Å²) in [4.78, 5) is 27.3. The number of amides is 1. The number of carbonyl (C=O) groups is 2. The van der Waals surface area contributed by atoms with Crippen LogP contribution in [-0.2, 0) is 4.79 Å². The number of carbonyl (C=O) groups excluding carboxylic acids is 1. The second-order valence-corrected chi connectivity index (χ2v) is 8.24. The Kier molecular flexibility index (Phi) is 7.30. The number of hydrogen-bond acceptors (Lipinski definition) is 4. The maximum atomic E-state index is 14.3. The van der Waals surface area contributed by atoms with E-state index in [1.54, 1.807) is 36.9 Å². The lowest BCUT2D eigenvalue weighted by Crippen LogP contribution is -2.54. The lowest BCUT2D eigenvalue weighted by molar-refractivity contribution is -0.130. The Morgan fingerprint density at radius 1 is 1.22 bits per heavy atom. The molecule has 1 saturated heterocycles. The number of carboxylic acid groups (broad SMARTS) is 1. The number of benzene rings is 2. The zero-order valence-corrected chi connectivity index (χ0v) is 18.7. The van der Waals surface area contributed by atoms with Crippen LogP contribution >= 0.6 is 0 Å². The van der Waals surface area contributed by atoms with Crippen LogP contribution in [0.5, 0.6) is 5.75 Å². The van der Waals surface area contributed by atoms with Crippen LogP contribution in [0.4, 0.5) is 4.39 Å². The lowest BCUT2D eigenvalue weighted by Gasteiger charge is -2.40. The second-order valence-electron chi connectivity index (χ2n) is 8.24. The average molecular weight is 441 g/mol. The number of rotatable bonds is 7. The van der Waals surface area contributed by atoms with E-state index in [-0.39, 0.29) is 23.3 Å². The number of aryl methyl sites for hydroxylation is 2. The van der Waals surface area contributed by atoms with Crippen molar-refractivity contribution in [1.29, 1.82) is 0 Å². The van der Waals surface area contributed by atoms with Gasteiger partial charge in [-0.3, -0.25) is 9.69 Å². The van der Waals surface area contributed by atoms with Gasteiger partial charge in [-0.05, 0) is 67.8 Å². The first-order valence-corrected chi connectivity index (χ1v) is 10.6. The van der Waals surface area contributed by atoms with Gasteiger partial charge >= 0.3 is 5.97 Å². The fraction of sp³-hybridized carbons (Fsp3) is 0.360. The Labute approximate surface area is 187 Å². The van der Waals surface area contributed by atoms with Gasteiger partial charge in [0.25, 0.3) is 0 Å². The molecular formula is C25H29FN2O4. The van der Waals surface area contributed by atoms with E-state index in [0.717, 1.165) is 0 Å². The Morgan fingerprint density at radius 2 is 1.97 bits per heavy atom. The highest BCUT2D eigenvalue weighted by Gasteiger charge is 2.28. The van der Waals surface area contributed by atoms with E-state index < -0.39 is 12.1 Å². The molecule has 0 aromatic heterocycles. The summed E-state index contributed by atoms with van der Waals surface area (Å²) in [6, 6.07) is 9.90. The Morgan fingerprint density at radius 3 is 2.56 bits per heavy atom. The molecule has 1 heterocycles. The van der Waals surface area contributed by atoms with Gasteiger partial charge in [-0.15, -0.1) is 0 Å². The van der Waals surface area contributed by atoms with Gasteiger partial charge in [0, 0.05) is 32.2 Å². The molecule has 0 spiro atoms. The molecule has 170 valence electrons. The summed E-state index contributed by atoms with van der Waals surface area (Å²) in [5.41, 5.74) is 2.06. The molecule has 1 aliphatic rings. The van der Waals surface area contributed by atoms with Crippen molar-refractivity contribution >= 4 is 11.9 Å². The second kappa shape index (κ2) is 9.96. The molecular weight excluding hydrogens is 411 g/mol. The van der Waals surface area contributed by atoms with Gasteiger partial charge in [0.15, 0.2) is 0 Å². The highest BCUT2D eigenvalue weighted by Crippen LogP contribution is 2.27. The minimum absolute atomic E-state index is 0.0155. The third-order valence-corrected chi connectivity index (χ3v) is 5.87. The molecule has 3 rings (SSSR count). The van der Waals surface area contributed by atoms with E-state index in [4.69, 9.17) is 4.74 Å². The highest BCUT2D eigenvalue weighted by molar-refractivity contribution is 5.89. The summed E-state index contributed by atoms with van der Waals surface area (Å²) in [7, 11) is 0. The molecule has 2 atom stereocenters. The number of aromatic carboxylic acids is 1. The maximum Gasteiger partial charge on any atom is 0.335 e. The van der Waals surface area contributed by atoms with Gasteiger partial charge < -0.3 is 14.7 Å². The summed E-state index contributed by atoms with van der Waals surface area (Å²) in [5.74, 6) is -0.859. The molecule has 0 bridgehead atoms. The van der Waals surface area contributed by atoms with Crippen molar-refractivity contribution in [1.82, 2.24) is 9.80 Å². The highest BCUT2D eigenvalue weighted by atomic mass is 19.1. The summed E-state index contributed by atoms with van der Waals surface area (Å²) in [6.45, 7) is 11.4. The van der Waals surface area contributed by atoms with E-state index in [0.29, 0.717) is 48.6 Å². The van der Waals surface area contributed by atoms with Crippen molar-refractivity contribution in [3.05, 3.63) is 77.1 Å². The number of halogens is 1. The van der Waals surface area contributed by atoms with Gasteiger partial charge in [-0.1, -0.05) is 18.7 Å². The predicted molar refractivity (Wildman–Crippen MR) is 120 cm³/mol. The average Bonchev–Trinajstić information content (AvgIpc) is 2.74. The van der Waals surface area contributed by atoms with Crippen LogP contribution in [0.15, 0.2) is 49.1 Å². The molecule has 1 N–H and O–H groups in total. The standard InChI is InChI=1S/C25H29FN2O4/c1-5-24(29)28-11-10-27(14-18(28)4)15-23(19-7-6-16(2)22(26)13-19)32-20-8-9-21(25(30)31)17(3)12-20/h5-9,12-13,18,23H,1,10-11,14-15H2,2-4H3,(H,30,31)/t18-,23+/m1/s1. The normalized spacial score (nSPS) is 17.6. The zero-order chi connectivity index (χ0) is 23.4. The zero-order valence-electron chi connectivity index (χ0n) is 18.7. The van der Waals surface area contributed by atoms with E-state index in [2.05, 4.69) is 11.5 Å². The number of ether oxygens (including phenoxy) is 1. The smallest absolute Gasteiger partial charge is 0.335 e. The van der Waals surface area contributed by atoms with Gasteiger partial charge in [0.05, 0.1) is 5.56 Å². The Bertz CT molecular complexity index is 1020. The molecule has 0 saturated carbocycles. The van der Waals surface area contributed by atoms with E-state index in [1.165, 1.54) is 18.2 Å². The largest absolute Gasteiger partial charge is 0.484 e. The summed E-state index contributed by atoms with van der Waals surface area (Å²) in [5, 5.41) is 9.27. The van der Waals surface area contributed by atoms with Gasteiger partial charge in [0.2, 0.25) is 5.91 Å². The molecule has 1 fully saturated rings. The van der Waals surface area contributed by atoms with Crippen molar-refractivity contribution in [2.75, 3.05) is 26.2 Å². The van der Waals surface area contributed by atoms with Crippen LogP contribution in [0.25, 0.3) is 0 Å². The van der Waals surface area contributed by atoms with Crippen molar-refractivity contribution in [2.24, 2.45) is 0 Å². The van der Waals surface area contributed by atoms with Crippen molar-refractivity contribution in [3.63, 3.8) is 0 Å². The lowest BCUT2D eigenvalue weighted by atomic mass is 10.0. The molecule has 7 heteroatoms. The summed E-state index contributed by atoms with van der Waals surface area (Å²) >= 11 is 0. The first kappa shape index (κ1) is 23.5. The molecule has 2 aromatic rings. The number of carboxylic acids is 1. The van der Waals surface area contributed by atoms with Gasteiger partial charge in [-0.25, -0.2) is 9.18 Å². The van der Waals surface area contributed by atoms with E-state index in [9.17, 15) is 19.1 Å². The Hall–Kier alpha value is -3.19. The maximum absolute atomic E-state index is 14.3. The third kappa shape index (κ3) is 5.34. The number of nitrogens with zero attached hydrogens (tertiary/aromatic N) is 2. The van der Waals surface area contributed by atoms with Crippen molar-refractivity contribution in [3.8, 4) is 5.75 Å². The molecule has 2 aromatic carbocycles. The van der Waals surface area contributed by atoms with Gasteiger partial charge in [0.1, 0.15) is 17.7 Å². The third-order valence-electron chi connectivity index (χ3n) is 5.87. The van der Waals surface area contributed by atoms with E-state index >= 15 is 0 Å². The molecule has 0 aliphatic carbocycles. The SMILES string of the molecule is C=CC(=O)N1CCN(C[C@H](Oc2ccc(C(=O)O)c(C)c2)c2ccc(C)c(F)c2)C[C@H]1C. The van der Waals surface area contributed by atoms with Crippen LogP contribution < -0.4 is 4.74 Å². The van der Waals surface area contributed by atoms with Crippen LogP contribution in [0.3, 0.4) is 0 Å². The monoisotopic (exact) mass is 440 g/mol. The molecule has 0 unspecified atom stereocenters. The minimum atomic E-state index is -0.993. The summed E-state index contributed by atoms with van der Waals surface area (Å²) in [6.07, 6.45) is 0.866. The number of piperazine rings is 1. The Balaban J connectivity index is 1.83. The van der Waals surface area contributed by atoms with Crippen LogP contribution in [-0.4, -0.2) is 59.0 Å².